The highest BCUT2D eigenvalue weighted by molar-refractivity contribution is 5.99. The zero-order chi connectivity index (χ0) is 65.1. The second-order valence-electron chi connectivity index (χ2n) is 26.4. The van der Waals surface area contributed by atoms with Crippen molar-refractivity contribution in [2.75, 3.05) is 65.7 Å². The summed E-state index contributed by atoms with van der Waals surface area (Å²) in [5.74, 6) is -6.61. The van der Waals surface area contributed by atoms with Crippen molar-refractivity contribution in [3.8, 4) is 11.1 Å². The summed E-state index contributed by atoms with van der Waals surface area (Å²) in [7, 11) is 0. The third-order valence-electron chi connectivity index (χ3n) is 16.2. The SMILES string of the molecule is C[C@H](NC(=O)CNC(=O)[C@H](COC(C)(C)C)NC(=O)[C@H](COC(C)(C)C)NC(=O)[C@@H]1CCCN1C(=O)CNC(=O)OCC1c2ccccc2-c2ccccc21)C(=O)N1CCC[C@H]1C(=O)N1CCC[C@H]1C(=O)N1CCC[C@H]1C(=O)N[C@@H](COC(C)(C)C)C(N)=O. The van der Waals surface area contributed by atoms with Crippen molar-refractivity contribution in [3.63, 3.8) is 0 Å². The number of hydrogen-bond acceptors (Lipinski definition) is 15. The smallest absolute Gasteiger partial charge is 0.407 e. The van der Waals surface area contributed by atoms with Crippen molar-refractivity contribution in [1.29, 1.82) is 0 Å². The Morgan fingerprint density at radius 3 is 1.46 bits per heavy atom. The average molecular weight is 1240 g/mol. The predicted octanol–water partition coefficient (Wildman–Crippen LogP) is 1.50. The Kier molecular flexibility index (Phi) is 23.0. The number of alkyl carbamates (subject to hydrolysis) is 1. The molecule has 0 unspecified atom stereocenters. The molecule has 488 valence electrons. The minimum Gasteiger partial charge on any atom is -0.449 e. The molecular formula is C63H91N11O15. The summed E-state index contributed by atoms with van der Waals surface area (Å²) < 4.78 is 23.2. The molecule has 8 atom stereocenters. The highest BCUT2D eigenvalue weighted by Crippen LogP contribution is 2.44. The quantitative estimate of drug-likeness (QED) is 0.0783. The summed E-state index contributed by atoms with van der Waals surface area (Å²) in [6, 6.07) is 6.94. The number of rotatable bonds is 24. The maximum absolute atomic E-state index is 14.4. The number of carbonyl (C=O) groups is 11. The van der Waals surface area contributed by atoms with Crippen molar-refractivity contribution in [2.45, 2.75) is 192 Å². The van der Waals surface area contributed by atoms with Crippen molar-refractivity contribution in [3.05, 3.63) is 59.7 Å². The highest BCUT2D eigenvalue weighted by Gasteiger charge is 2.47. The standard InChI is InChI=1S/C63H91N11O15/c1-37(57(82)73-29-17-25-48(73)59(84)74-30-18-26-49(74)58(83)72-28-16-24-47(72)56(81)68-43(52(64)77)34-87-61(2,3)4)67-50(75)31-65-53(78)44(35-88-62(5,6)7)69-54(79)45(36-89-63(8,9)10)70-55(80)46-23-15-27-71(46)51(76)32-66-60(85)86-33-42-40-21-13-11-19-38(40)39-20-12-14-22-41(39)42/h11-14,19-22,37,42-49H,15-18,23-36H2,1-10H3,(H2,64,77)(H,65,78)(H,66,85)(H,67,75)(H,68,81)(H,69,79)(H,70,80)/t37-,43-,44-,45-,46-,47-,48-,49-/m0/s1. The number of nitrogens with one attached hydrogen (secondary N) is 6. The Hall–Kier alpha value is -7.71. The molecule has 7 rings (SSSR count). The molecule has 2 aromatic carbocycles. The Bertz CT molecular complexity index is 2910. The normalized spacial score (nSPS) is 20.6. The summed E-state index contributed by atoms with van der Waals surface area (Å²) >= 11 is 0. The van der Waals surface area contributed by atoms with Gasteiger partial charge in [-0.05, 0) is 143 Å². The van der Waals surface area contributed by atoms with Crippen LogP contribution >= 0.6 is 0 Å². The molecule has 0 saturated carbocycles. The molecule has 8 N–H and O–H groups in total. The monoisotopic (exact) mass is 1240 g/mol. The third-order valence-corrected chi connectivity index (χ3v) is 16.2. The highest BCUT2D eigenvalue weighted by atomic mass is 16.5. The van der Waals surface area contributed by atoms with Gasteiger partial charge in [0.05, 0.1) is 43.2 Å². The first-order valence-corrected chi connectivity index (χ1v) is 30.9. The number of fused-ring (bicyclic) bond motifs is 3. The molecule has 0 aromatic heterocycles. The fraction of sp³-hybridized carbons (Fsp3) is 0.635. The molecule has 89 heavy (non-hydrogen) atoms. The van der Waals surface area contributed by atoms with E-state index >= 15 is 0 Å². The molecule has 4 saturated heterocycles. The number of hydrogen-bond donors (Lipinski definition) is 7. The van der Waals surface area contributed by atoms with E-state index in [9.17, 15) is 52.7 Å². The molecule has 2 aromatic rings. The van der Waals surface area contributed by atoms with Gasteiger partial charge in [0.25, 0.3) is 0 Å². The van der Waals surface area contributed by atoms with Crippen LogP contribution in [0.1, 0.15) is 138 Å². The number of nitrogens with zero attached hydrogens (tertiary/aromatic N) is 4. The summed E-state index contributed by atoms with van der Waals surface area (Å²) in [6.07, 6.45) is 2.39. The lowest BCUT2D eigenvalue weighted by Gasteiger charge is -2.34. The first-order valence-electron chi connectivity index (χ1n) is 30.9. The Morgan fingerprint density at radius 1 is 0.517 bits per heavy atom. The van der Waals surface area contributed by atoms with Gasteiger partial charge in [-0.1, -0.05) is 48.5 Å². The summed E-state index contributed by atoms with van der Waals surface area (Å²) in [5.41, 5.74) is 7.58. The Balaban J connectivity index is 0.911. The Morgan fingerprint density at radius 2 is 0.944 bits per heavy atom. The van der Waals surface area contributed by atoms with E-state index in [1.807, 2.05) is 48.5 Å². The van der Waals surface area contributed by atoms with E-state index in [-0.39, 0.29) is 64.9 Å². The number of carbonyl (C=O) groups excluding carboxylic acids is 11. The van der Waals surface area contributed by atoms with Gasteiger partial charge in [0.2, 0.25) is 59.1 Å². The van der Waals surface area contributed by atoms with Crippen LogP contribution in [0.25, 0.3) is 11.1 Å². The van der Waals surface area contributed by atoms with E-state index < -0.39 is 143 Å². The van der Waals surface area contributed by atoms with Gasteiger partial charge in [0.15, 0.2) is 0 Å². The number of nitrogens with two attached hydrogens (primary N) is 1. The first kappa shape index (κ1) is 68.8. The topological polar surface area (TPSA) is 336 Å². The van der Waals surface area contributed by atoms with Gasteiger partial charge in [-0.3, -0.25) is 47.9 Å². The van der Waals surface area contributed by atoms with Gasteiger partial charge in [-0.2, -0.15) is 0 Å². The van der Waals surface area contributed by atoms with Crippen LogP contribution in [-0.4, -0.2) is 216 Å². The van der Waals surface area contributed by atoms with Gasteiger partial charge in [0, 0.05) is 32.1 Å². The number of amides is 11. The fourth-order valence-electron chi connectivity index (χ4n) is 11.8. The number of likely N-dealkylation sites (tertiary alicyclic amines) is 4. The molecule has 0 radical (unpaired) electrons. The minimum absolute atomic E-state index is 0.0393. The molecular weight excluding hydrogens is 1150 g/mol. The second kappa shape index (κ2) is 29.7. The van der Waals surface area contributed by atoms with E-state index in [1.54, 1.807) is 62.3 Å². The molecule has 4 heterocycles. The van der Waals surface area contributed by atoms with Crippen molar-refractivity contribution < 1.29 is 71.7 Å². The maximum Gasteiger partial charge on any atom is 0.407 e. The summed E-state index contributed by atoms with van der Waals surface area (Å²) in [6.45, 7) is 16.3. The molecule has 4 aliphatic heterocycles. The van der Waals surface area contributed by atoms with E-state index in [1.165, 1.54) is 26.5 Å². The van der Waals surface area contributed by atoms with Crippen molar-refractivity contribution >= 4 is 65.2 Å². The Labute approximate surface area is 520 Å². The first-order chi connectivity index (χ1) is 41.9. The lowest BCUT2D eigenvalue weighted by molar-refractivity contribution is -0.151. The van der Waals surface area contributed by atoms with Crippen LogP contribution in [0.5, 0.6) is 0 Å². The molecule has 4 fully saturated rings. The zero-order valence-corrected chi connectivity index (χ0v) is 53.0. The van der Waals surface area contributed by atoms with Crippen LogP contribution < -0.4 is 37.6 Å². The summed E-state index contributed by atoms with van der Waals surface area (Å²) in [5, 5.41) is 15.6. The number of ether oxygens (including phenoxy) is 4. The van der Waals surface area contributed by atoms with Gasteiger partial charge < -0.3 is 76.2 Å². The summed E-state index contributed by atoms with van der Waals surface area (Å²) in [4.78, 5) is 156. The van der Waals surface area contributed by atoms with Crippen molar-refractivity contribution in [1.82, 2.24) is 51.5 Å². The van der Waals surface area contributed by atoms with Gasteiger partial charge in [0.1, 0.15) is 61.5 Å². The van der Waals surface area contributed by atoms with Crippen LogP contribution in [0.15, 0.2) is 48.5 Å². The fourth-order valence-corrected chi connectivity index (χ4v) is 11.8. The van der Waals surface area contributed by atoms with Crippen molar-refractivity contribution in [2.24, 2.45) is 5.73 Å². The molecule has 0 spiro atoms. The average Bonchev–Trinajstić information content (AvgIpc) is 2.40. The molecule has 26 nitrogen and oxygen atoms in total. The van der Waals surface area contributed by atoms with E-state index in [2.05, 4.69) is 31.9 Å². The van der Waals surface area contributed by atoms with Crippen LogP contribution in [0.3, 0.4) is 0 Å². The lowest BCUT2D eigenvalue weighted by Crippen LogP contribution is -2.60. The molecule has 1 aliphatic carbocycles. The van der Waals surface area contributed by atoms with Crippen LogP contribution in [0, 0.1) is 0 Å². The van der Waals surface area contributed by atoms with E-state index in [4.69, 9.17) is 24.7 Å². The second-order valence-corrected chi connectivity index (χ2v) is 26.4. The van der Waals surface area contributed by atoms with Crippen LogP contribution in [-0.2, 0) is 66.9 Å². The lowest BCUT2D eigenvalue weighted by atomic mass is 9.98. The molecule has 5 aliphatic rings. The third kappa shape index (κ3) is 18.5. The largest absolute Gasteiger partial charge is 0.449 e. The zero-order valence-electron chi connectivity index (χ0n) is 53.0. The molecule has 26 heteroatoms. The van der Waals surface area contributed by atoms with Gasteiger partial charge in [-0.15, -0.1) is 0 Å². The number of primary amides is 1. The van der Waals surface area contributed by atoms with E-state index in [0.29, 0.717) is 44.9 Å². The minimum atomic E-state index is -1.42. The maximum atomic E-state index is 14.4. The molecule has 11 amide bonds. The van der Waals surface area contributed by atoms with E-state index in [0.717, 1.165) is 22.3 Å². The van der Waals surface area contributed by atoms with Crippen LogP contribution in [0.2, 0.25) is 0 Å². The molecule has 0 bridgehead atoms. The van der Waals surface area contributed by atoms with Gasteiger partial charge >= 0.3 is 6.09 Å². The predicted molar refractivity (Wildman–Crippen MR) is 325 cm³/mol. The van der Waals surface area contributed by atoms with Gasteiger partial charge in [-0.25, -0.2) is 4.79 Å². The van der Waals surface area contributed by atoms with Crippen LogP contribution in [0.4, 0.5) is 4.79 Å². The number of benzene rings is 2.